The first-order valence-corrected chi connectivity index (χ1v) is 13.6. The second-order valence-corrected chi connectivity index (χ2v) is 10.6. The molecule has 6 rings (SSSR count). The lowest BCUT2D eigenvalue weighted by molar-refractivity contribution is -0.137. The molecule has 43 heavy (non-hydrogen) atoms. The highest BCUT2D eigenvalue weighted by Gasteiger charge is 2.32. The van der Waals surface area contributed by atoms with E-state index in [0.29, 0.717) is 62.8 Å². The van der Waals surface area contributed by atoms with E-state index in [0.717, 1.165) is 23.3 Å². The predicted octanol–water partition coefficient (Wildman–Crippen LogP) is 4.51. The van der Waals surface area contributed by atoms with Crippen LogP contribution in [0.1, 0.15) is 38.2 Å². The Kier molecular flexibility index (Phi) is 7.40. The zero-order valence-electron chi connectivity index (χ0n) is 22.8. The molecule has 222 valence electrons. The number of benzene rings is 3. The molecule has 0 radical (unpaired) electrons. The number of hydrogen-bond donors (Lipinski definition) is 3. The van der Waals surface area contributed by atoms with Crippen LogP contribution < -0.4 is 10.6 Å². The first-order valence-electron chi connectivity index (χ1n) is 13.6. The molecule has 1 saturated heterocycles. The molecule has 0 aromatic heterocycles. The average molecular weight is 593 g/mol. The van der Waals surface area contributed by atoms with Crippen LogP contribution >= 0.6 is 0 Å². The summed E-state index contributed by atoms with van der Waals surface area (Å²) in [5.74, 6) is -1.67. The number of anilines is 2. The fourth-order valence-electron chi connectivity index (χ4n) is 5.50. The van der Waals surface area contributed by atoms with Crippen LogP contribution in [0.3, 0.4) is 0 Å². The molecule has 0 bridgehead atoms. The highest BCUT2D eigenvalue weighted by atomic mass is 19.4. The molecule has 0 spiro atoms. The Balaban J connectivity index is 1.32. The zero-order valence-corrected chi connectivity index (χ0v) is 22.8. The van der Waals surface area contributed by atoms with Gasteiger partial charge in [0.1, 0.15) is 0 Å². The van der Waals surface area contributed by atoms with E-state index >= 15 is 0 Å². The third kappa shape index (κ3) is 5.84. The van der Waals surface area contributed by atoms with Crippen molar-refractivity contribution >= 4 is 40.4 Å². The molecule has 1 fully saturated rings. The maximum atomic E-state index is 13.3. The van der Waals surface area contributed by atoms with Gasteiger partial charge in [-0.3, -0.25) is 14.5 Å². The molecule has 0 unspecified atom stereocenters. The summed E-state index contributed by atoms with van der Waals surface area (Å²) < 4.78 is 45.3. The Morgan fingerprint density at radius 3 is 2.33 bits per heavy atom. The lowest BCUT2D eigenvalue weighted by Gasteiger charge is -2.27. The van der Waals surface area contributed by atoms with Crippen molar-refractivity contribution in [2.24, 2.45) is 0 Å². The number of fused-ring (bicyclic) bond motifs is 2. The van der Waals surface area contributed by atoms with Crippen molar-refractivity contribution in [3.05, 3.63) is 94.0 Å². The fraction of sp³-hybridized carbons (Fsp3) is 0.258. The summed E-state index contributed by atoms with van der Waals surface area (Å²) in [5.41, 5.74) is 3.07. The Hall–Kier alpha value is -4.68. The first-order chi connectivity index (χ1) is 20.6. The second kappa shape index (κ2) is 11.2. The smallest absolute Gasteiger partial charge is 0.416 e. The summed E-state index contributed by atoms with van der Waals surface area (Å²) in [4.78, 5) is 41.5. The summed E-state index contributed by atoms with van der Waals surface area (Å²) in [6.07, 6.45) is -4.53. The Morgan fingerprint density at radius 2 is 1.63 bits per heavy atom. The molecule has 3 aromatic carbocycles. The minimum atomic E-state index is -4.53. The van der Waals surface area contributed by atoms with Crippen molar-refractivity contribution < 1.29 is 37.4 Å². The van der Waals surface area contributed by atoms with Crippen LogP contribution in [0.15, 0.2) is 60.7 Å². The predicted molar refractivity (Wildman–Crippen MR) is 152 cm³/mol. The number of carbonyl (C=O) groups is 3. The number of carboxylic acids is 1. The Morgan fingerprint density at radius 1 is 0.930 bits per heavy atom. The van der Waals surface area contributed by atoms with Crippen LogP contribution in [0.25, 0.3) is 11.3 Å². The van der Waals surface area contributed by atoms with Crippen molar-refractivity contribution in [3.63, 3.8) is 0 Å². The second-order valence-electron chi connectivity index (χ2n) is 10.6. The first kappa shape index (κ1) is 28.4. The number of halogens is 3. The van der Waals surface area contributed by atoms with Crippen molar-refractivity contribution in [1.29, 1.82) is 0 Å². The Bertz CT molecular complexity index is 1650. The third-order valence-electron chi connectivity index (χ3n) is 7.78. The lowest BCUT2D eigenvalue weighted by Crippen LogP contribution is -2.43. The van der Waals surface area contributed by atoms with E-state index in [1.54, 1.807) is 11.0 Å². The van der Waals surface area contributed by atoms with E-state index < -0.39 is 23.6 Å². The summed E-state index contributed by atoms with van der Waals surface area (Å²) in [5, 5.41) is 15.3. The van der Waals surface area contributed by atoms with Gasteiger partial charge < -0.3 is 25.4 Å². The monoisotopic (exact) mass is 592 g/mol. The van der Waals surface area contributed by atoms with Gasteiger partial charge in [0.05, 0.1) is 47.8 Å². The van der Waals surface area contributed by atoms with Gasteiger partial charge in [-0.15, -0.1) is 0 Å². The van der Waals surface area contributed by atoms with E-state index in [-0.39, 0.29) is 28.4 Å². The van der Waals surface area contributed by atoms with Crippen LogP contribution in [0.5, 0.6) is 0 Å². The van der Waals surface area contributed by atoms with Crippen LogP contribution in [0, 0.1) is 0 Å². The molecular formula is C31H27F3N4O5. The molecule has 3 aromatic rings. The van der Waals surface area contributed by atoms with Crippen molar-refractivity contribution in [3.8, 4) is 0 Å². The molecular weight excluding hydrogens is 565 g/mol. The maximum absolute atomic E-state index is 13.3. The number of alkyl halides is 3. The fourth-order valence-corrected chi connectivity index (χ4v) is 5.50. The number of aromatic carboxylic acids is 1. The topological polar surface area (TPSA) is 111 Å². The van der Waals surface area contributed by atoms with Gasteiger partial charge in [0.25, 0.3) is 5.91 Å². The maximum Gasteiger partial charge on any atom is 0.416 e. The number of morpholine rings is 1. The summed E-state index contributed by atoms with van der Waals surface area (Å²) in [6, 6.07) is 14.2. The summed E-state index contributed by atoms with van der Waals surface area (Å²) >= 11 is 0. The molecule has 3 heterocycles. The number of nitrogens with zero attached hydrogens (tertiary/aromatic N) is 2. The molecule has 3 aliphatic heterocycles. The van der Waals surface area contributed by atoms with E-state index in [1.807, 2.05) is 12.1 Å². The molecule has 2 amide bonds. The number of rotatable bonds is 6. The van der Waals surface area contributed by atoms with E-state index in [4.69, 9.17) is 4.74 Å². The average Bonchev–Trinajstić information content (AvgIpc) is 3.55. The van der Waals surface area contributed by atoms with Gasteiger partial charge in [-0.05, 0) is 53.1 Å². The number of hydrogen-bond acceptors (Lipinski definition) is 6. The normalized spacial score (nSPS) is 17.7. The molecule has 0 saturated carbocycles. The van der Waals surface area contributed by atoms with Crippen LogP contribution in [-0.4, -0.2) is 65.5 Å². The highest BCUT2D eigenvalue weighted by Crippen LogP contribution is 2.39. The van der Waals surface area contributed by atoms with E-state index in [1.165, 1.54) is 30.3 Å². The van der Waals surface area contributed by atoms with E-state index in [2.05, 4.69) is 15.5 Å². The van der Waals surface area contributed by atoms with Crippen LogP contribution in [0.2, 0.25) is 0 Å². The van der Waals surface area contributed by atoms with Crippen LogP contribution in [0.4, 0.5) is 24.5 Å². The number of amides is 2. The molecule has 0 atom stereocenters. The van der Waals surface area contributed by atoms with Gasteiger partial charge in [0.2, 0.25) is 5.91 Å². The molecule has 0 aliphatic carbocycles. The van der Waals surface area contributed by atoms with Gasteiger partial charge >= 0.3 is 12.1 Å². The minimum absolute atomic E-state index is 0.0140. The summed E-state index contributed by atoms with van der Waals surface area (Å²) in [7, 11) is 0. The SMILES string of the molecule is O=C1Nc2cc(C(=O)O)ccc2/C1=C(/Nc1ccc2c(c1)CN(C(=O)CN1CCOCC1)C2)c1ccc(C(F)(F)F)cc1. The van der Waals surface area contributed by atoms with Gasteiger partial charge in [-0.1, -0.05) is 24.3 Å². The van der Waals surface area contributed by atoms with E-state index in [9.17, 15) is 32.7 Å². The number of carbonyl (C=O) groups excluding carboxylic acids is 2. The van der Waals surface area contributed by atoms with Crippen LogP contribution in [-0.2, 0) is 33.6 Å². The molecule has 3 N–H and O–H groups in total. The summed E-state index contributed by atoms with van der Waals surface area (Å²) in [6.45, 7) is 3.79. The van der Waals surface area contributed by atoms with Crippen molar-refractivity contribution in [2.45, 2.75) is 19.3 Å². The standard InChI is InChI=1S/C31H27F3N4O5/c32-31(33,34)22-5-1-18(2-6-22)28(27-24-8-4-19(30(41)42)14-25(24)36-29(27)40)35-23-7-3-20-15-38(16-21(20)13-23)26(39)17-37-9-11-43-12-10-37/h1-8,13-14,35H,9-12,15-17H2,(H,36,40)(H,41,42)/b28-27-. The third-order valence-corrected chi connectivity index (χ3v) is 7.78. The van der Waals surface area contributed by atoms with Gasteiger partial charge in [-0.25, -0.2) is 4.79 Å². The largest absolute Gasteiger partial charge is 0.478 e. The quantitative estimate of drug-likeness (QED) is 0.361. The van der Waals surface area contributed by atoms with Gasteiger partial charge in [0, 0.05) is 37.4 Å². The Labute approximate surface area is 244 Å². The van der Waals surface area contributed by atoms with Crippen molar-refractivity contribution in [1.82, 2.24) is 9.80 Å². The molecule has 9 nitrogen and oxygen atoms in total. The number of ether oxygens (including phenoxy) is 1. The lowest BCUT2D eigenvalue weighted by atomic mass is 9.98. The molecule has 3 aliphatic rings. The highest BCUT2D eigenvalue weighted by molar-refractivity contribution is 6.37. The van der Waals surface area contributed by atoms with Crippen molar-refractivity contribution in [2.75, 3.05) is 43.5 Å². The zero-order chi connectivity index (χ0) is 30.3. The van der Waals surface area contributed by atoms with Gasteiger partial charge in [-0.2, -0.15) is 13.2 Å². The minimum Gasteiger partial charge on any atom is -0.478 e. The molecule has 12 heteroatoms. The van der Waals surface area contributed by atoms with Gasteiger partial charge in [0.15, 0.2) is 0 Å². The number of nitrogens with one attached hydrogen (secondary N) is 2. The number of carboxylic acid groups (broad SMARTS) is 1.